The van der Waals surface area contributed by atoms with Crippen LogP contribution in [0.4, 0.5) is 10.6 Å². The second-order valence-electron chi connectivity index (χ2n) is 11.6. The van der Waals surface area contributed by atoms with Gasteiger partial charge >= 0.3 is 6.09 Å². The van der Waals surface area contributed by atoms with Crippen molar-refractivity contribution in [3.8, 4) is 11.8 Å². The standard InChI is InChI=1S/C28H37N7O6.C2H6/c29-24-20-25(35(15-30-20)27-22(37)21(36)23(41-27)26(38)31-18-8-9-18)33-19(32-24)7-3-6-16-10-12-34(13-11-16)28(39)40-14-17-4-1-2-5-17;1-2/h15-18,21-23,27,36-37H,1-2,4-6,8-14H2,(H,31,38)(H2,29,32,33);1-2H3/t21-,22?,23+,27-;/m1./s1. The number of nitrogen functional groups attached to an aromatic ring is 1. The number of amides is 2. The summed E-state index contributed by atoms with van der Waals surface area (Å²) in [5.74, 6) is 6.84. The minimum Gasteiger partial charge on any atom is -0.449 e. The lowest BCUT2D eigenvalue weighted by Gasteiger charge is -2.30. The average Bonchev–Trinajstić information content (AvgIpc) is 3.37. The van der Waals surface area contributed by atoms with Crippen molar-refractivity contribution in [1.29, 1.82) is 0 Å². The first-order valence-electron chi connectivity index (χ1n) is 15.6. The Kier molecular flexibility index (Phi) is 10.00. The Morgan fingerprint density at radius 1 is 1.07 bits per heavy atom. The number of nitrogens with two attached hydrogens (primary N) is 1. The summed E-state index contributed by atoms with van der Waals surface area (Å²) in [7, 11) is 0. The molecule has 0 aromatic carbocycles. The van der Waals surface area contributed by atoms with Crippen LogP contribution in [-0.2, 0) is 14.3 Å². The van der Waals surface area contributed by atoms with E-state index in [4.69, 9.17) is 15.2 Å². The maximum atomic E-state index is 12.5. The number of anilines is 1. The van der Waals surface area contributed by atoms with E-state index in [9.17, 15) is 19.8 Å². The first kappa shape index (κ1) is 31.0. The van der Waals surface area contributed by atoms with Crippen molar-refractivity contribution in [1.82, 2.24) is 29.7 Å². The maximum absolute atomic E-state index is 12.5. The fourth-order valence-corrected chi connectivity index (χ4v) is 5.85. The van der Waals surface area contributed by atoms with E-state index in [1.54, 1.807) is 4.90 Å². The molecular formula is C30H43N7O6. The molecule has 6 rings (SSSR count). The molecule has 4 atom stereocenters. The molecule has 43 heavy (non-hydrogen) atoms. The van der Waals surface area contributed by atoms with Gasteiger partial charge < -0.3 is 35.6 Å². The molecule has 13 heteroatoms. The number of aliphatic hydroxyl groups is 2. The molecule has 4 fully saturated rings. The van der Waals surface area contributed by atoms with Crippen LogP contribution in [0, 0.1) is 23.7 Å². The van der Waals surface area contributed by atoms with Crippen molar-refractivity contribution in [3.63, 3.8) is 0 Å². The van der Waals surface area contributed by atoms with Crippen molar-refractivity contribution in [2.24, 2.45) is 11.8 Å². The van der Waals surface area contributed by atoms with Gasteiger partial charge in [-0.2, -0.15) is 0 Å². The van der Waals surface area contributed by atoms with Gasteiger partial charge in [-0.1, -0.05) is 32.6 Å². The fourth-order valence-electron chi connectivity index (χ4n) is 5.85. The molecule has 13 nitrogen and oxygen atoms in total. The predicted molar refractivity (Wildman–Crippen MR) is 157 cm³/mol. The van der Waals surface area contributed by atoms with E-state index in [1.807, 2.05) is 13.8 Å². The number of aliphatic hydroxyl groups excluding tert-OH is 2. The van der Waals surface area contributed by atoms with Crippen LogP contribution in [0.15, 0.2) is 6.33 Å². The normalized spacial score (nSPS) is 26.0. The molecule has 2 aliphatic carbocycles. The summed E-state index contributed by atoms with van der Waals surface area (Å²) in [5.41, 5.74) is 6.72. The molecule has 2 saturated heterocycles. The number of carbonyl (C=O) groups is 2. The van der Waals surface area contributed by atoms with Crippen molar-refractivity contribution in [2.45, 2.75) is 102 Å². The van der Waals surface area contributed by atoms with Crippen LogP contribution >= 0.6 is 0 Å². The van der Waals surface area contributed by atoms with Gasteiger partial charge in [0.25, 0.3) is 5.91 Å². The summed E-state index contributed by atoms with van der Waals surface area (Å²) in [6, 6.07) is 0.0903. The van der Waals surface area contributed by atoms with Crippen LogP contribution in [0.3, 0.4) is 0 Å². The molecule has 0 radical (unpaired) electrons. The number of nitrogens with zero attached hydrogens (tertiary/aromatic N) is 5. The summed E-state index contributed by atoms with van der Waals surface area (Å²) < 4.78 is 12.8. The molecule has 0 bridgehead atoms. The zero-order valence-electron chi connectivity index (χ0n) is 24.9. The number of nitrogens with one attached hydrogen (secondary N) is 1. The molecule has 2 aromatic heterocycles. The van der Waals surface area contributed by atoms with E-state index in [-0.39, 0.29) is 29.4 Å². The molecule has 4 heterocycles. The van der Waals surface area contributed by atoms with Crippen molar-refractivity contribution < 1.29 is 29.3 Å². The molecule has 0 spiro atoms. The number of carbonyl (C=O) groups excluding carboxylic acids is 2. The second-order valence-corrected chi connectivity index (χ2v) is 11.6. The highest BCUT2D eigenvalue weighted by Gasteiger charge is 2.48. The van der Waals surface area contributed by atoms with Crippen LogP contribution in [0.2, 0.25) is 0 Å². The zero-order chi connectivity index (χ0) is 30.5. The lowest BCUT2D eigenvalue weighted by atomic mass is 9.94. The molecule has 2 saturated carbocycles. The SMILES string of the molecule is CC.Nc1nc(C#CCC2CCN(C(=O)OCC3CCCC3)CC2)nc2c1ncn2[C@@H]1O[C@H](C(=O)NC2CC2)[C@H](O)C1O. The van der Waals surface area contributed by atoms with Gasteiger partial charge in [0.05, 0.1) is 12.9 Å². The summed E-state index contributed by atoms with van der Waals surface area (Å²) in [4.78, 5) is 39.7. The summed E-state index contributed by atoms with van der Waals surface area (Å²) >= 11 is 0. The Morgan fingerprint density at radius 3 is 2.49 bits per heavy atom. The van der Waals surface area contributed by atoms with Crippen LogP contribution in [0.1, 0.15) is 83.7 Å². The third kappa shape index (κ3) is 7.20. The Labute approximate surface area is 251 Å². The van der Waals surface area contributed by atoms with E-state index in [2.05, 4.69) is 32.1 Å². The minimum atomic E-state index is -1.41. The number of imidazole rings is 1. The van der Waals surface area contributed by atoms with Crippen molar-refractivity contribution in [2.75, 3.05) is 25.4 Å². The number of hydrogen-bond acceptors (Lipinski definition) is 10. The molecule has 2 aliphatic heterocycles. The Balaban J connectivity index is 0.00000180. The molecule has 2 amide bonds. The molecule has 1 unspecified atom stereocenters. The molecule has 234 valence electrons. The Bertz CT molecular complexity index is 1340. The van der Waals surface area contributed by atoms with Gasteiger partial charge in [0.15, 0.2) is 23.8 Å². The highest BCUT2D eigenvalue weighted by molar-refractivity contribution is 5.83. The Morgan fingerprint density at radius 2 is 1.79 bits per heavy atom. The van der Waals surface area contributed by atoms with E-state index >= 15 is 0 Å². The van der Waals surface area contributed by atoms with Crippen LogP contribution in [0.5, 0.6) is 0 Å². The molecule has 5 N–H and O–H groups in total. The quantitative estimate of drug-likeness (QED) is 0.361. The highest BCUT2D eigenvalue weighted by atomic mass is 16.6. The second kappa shape index (κ2) is 13.9. The lowest BCUT2D eigenvalue weighted by molar-refractivity contribution is -0.137. The van der Waals surface area contributed by atoms with Gasteiger partial charge in [-0.15, -0.1) is 0 Å². The smallest absolute Gasteiger partial charge is 0.409 e. The molecular weight excluding hydrogens is 554 g/mol. The number of hydrogen-bond donors (Lipinski definition) is 4. The number of piperidine rings is 1. The minimum absolute atomic E-state index is 0.0903. The number of likely N-dealkylation sites (tertiary alicyclic amines) is 1. The fraction of sp³-hybridized carbons (Fsp3) is 0.700. The van der Waals surface area contributed by atoms with Crippen LogP contribution in [-0.4, -0.2) is 90.7 Å². The monoisotopic (exact) mass is 597 g/mol. The van der Waals surface area contributed by atoms with Crippen LogP contribution in [0.25, 0.3) is 11.2 Å². The summed E-state index contributed by atoms with van der Waals surface area (Å²) in [5, 5.41) is 24.0. The van der Waals surface area contributed by atoms with Crippen molar-refractivity contribution >= 4 is 29.0 Å². The first-order chi connectivity index (χ1) is 20.9. The lowest BCUT2D eigenvalue weighted by Crippen LogP contribution is -2.43. The number of ether oxygens (including phenoxy) is 2. The van der Waals surface area contributed by atoms with E-state index in [0.29, 0.717) is 43.5 Å². The number of fused-ring (bicyclic) bond motifs is 1. The topological polar surface area (TPSA) is 178 Å². The molecule has 2 aromatic rings. The van der Waals surface area contributed by atoms with E-state index in [1.165, 1.54) is 23.7 Å². The highest BCUT2D eigenvalue weighted by Crippen LogP contribution is 2.33. The Hall–Kier alpha value is -3.47. The third-order valence-electron chi connectivity index (χ3n) is 8.52. The van der Waals surface area contributed by atoms with Gasteiger partial charge in [0.1, 0.15) is 17.7 Å². The number of aromatic nitrogens is 4. The molecule has 4 aliphatic rings. The van der Waals surface area contributed by atoms with Gasteiger partial charge in [0.2, 0.25) is 5.82 Å². The predicted octanol–water partition coefficient (Wildman–Crippen LogP) is 2.11. The van der Waals surface area contributed by atoms with Gasteiger partial charge in [0, 0.05) is 25.6 Å². The first-order valence-corrected chi connectivity index (χ1v) is 15.6. The van der Waals surface area contributed by atoms with Crippen molar-refractivity contribution in [3.05, 3.63) is 12.2 Å². The van der Waals surface area contributed by atoms with Gasteiger partial charge in [-0.3, -0.25) is 9.36 Å². The number of rotatable bonds is 6. The largest absolute Gasteiger partial charge is 0.449 e. The maximum Gasteiger partial charge on any atom is 0.409 e. The summed E-state index contributed by atoms with van der Waals surface area (Å²) in [6.07, 6.45) is 4.94. The van der Waals surface area contributed by atoms with Gasteiger partial charge in [-0.05, 0) is 56.3 Å². The average molecular weight is 598 g/mol. The summed E-state index contributed by atoms with van der Waals surface area (Å²) in [6.45, 7) is 5.83. The van der Waals surface area contributed by atoms with E-state index < -0.39 is 30.4 Å². The van der Waals surface area contributed by atoms with E-state index in [0.717, 1.165) is 38.5 Å². The third-order valence-corrected chi connectivity index (χ3v) is 8.52. The van der Waals surface area contributed by atoms with Gasteiger partial charge in [-0.25, -0.2) is 19.7 Å². The van der Waals surface area contributed by atoms with Crippen LogP contribution < -0.4 is 11.1 Å². The zero-order valence-corrected chi connectivity index (χ0v) is 24.9.